The highest BCUT2D eigenvalue weighted by Gasteiger charge is 2.22. The summed E-state index contributed by atoms with van der Waals surface area (Å²) in [4.78, 5) is 29.0. The predicted molar refractivity (Wildman–Crippen MR) is 105 cm³/mol. The fourth-order valence-electron chi connectivity index (χ4n) is 2.90. The largest absolute Gasteiger partial charge is 0.481 e. The molecule has 27 heavy (non-hydrogen) atoms. The zero-order valence-electron chi connectivity index (χ0n) is 15.1. The van der Waals surface area contributed by atoms with Gasteiger partial charge in [0, 0.05) is 36.6 Å². The Bertz CT molecular complexity index is 953. The number of rotatable bonds is 4. The average Bonchev–Trinajstić information content (AvgIpc) is 2.79. The monoisotopic (exact) mass is 360 g/mol. The number of nitrogens with zero attached hydrogens (tertiary/aromatic N) is 2. The summed E-state index contributed by atoms with van der Waals surface area (Å²) in [6, 6.07) is 15.5. The molecule has 136 valence electrons. The number of aliphatic imine (C=N–C) groups is 1. The van der Waals surface area contributed by atoms with E-state index in [9.17, 15) is 9.59 Å². The smallest absolute Gasteiger partial charge is 0.303 e. The SMILES string of the molecule is CN1C(=O)CN=C(c2ccccc2)c2cc(C#CCCCC(=O)O)ccc21. The van der Waals surface area contributed by atoms with Crippen LogP contribution in [0.1, 0.15) is 36.0 Å². The van der Waals surface area contributed by atoms with Crippen molar-refractivity contribution in [2.75, 3.05) is 18.5 Å². The summed E-state index contributed by atoms with van der Waals surface area (Å²) < 4.78 is 0. The van der Waals surface area contributed by atoms with Gasteiger partial charge in [0.15, 0.2) is 0 Å². The second-order valence-corrected chi connectivity index (χ2v) is 6.26. The molecule has 0 spiro atoms. The Balaban J connectivity index is 1.95. The quantitative estimate of drug-likeness (QED) is 0.673. The van der Waals surface area contributed by atoms with Gasteiger partial charge in [-0.1, -0.05) is 42.2 Å². The molecule has 5 heteroatoms. The van der Waals surface area contributed by atoms with Crippen LogP contribution in [-0.4, -0.2) is 36.3 Å². The van der Waals surface area contributed by atoms with Gasteiger partial charge in [-0.3, -0.25) is 14.6 Å². The Morgan fingerprint density at radius 1 is 1.22 bits per heavy atom. The van der Waals surface area contributed by atoms with Crippen molar-refractivity contribution in [3.05, 3.63) is 65.2 Å². The Hall–Kier alpha value is -3.39. The molecule has 2 aromatic rings. The standard InChI is InChI=1S/C22H20N2O3/c1-24-19-13-12-16(8-4-2-7-11-21(26)27)14-18(19)22(23-15-20(24)25)17-9-5-3-6-10-17/h3,5-6,9-10,12-14H,2,7,11,15H2,1H3,(H,26,27). The van der Waals surface area contributed by atoms with Crippen LogP contribution >= 0.6 is 0 Å². The number of aliphatic carboxylic acids is 1. The number of unbranched alkanes of at least 4 members (excludes halogenated alkanes) is 1. The lowest BCUT2D eigenvalue weighted by atomic mass is 9.98. The highest BCUT2D eigenvalue weighted by molar-refractivity contribution is 6.19. The number of hydrogen-bond acceptors (Lipinski definition) is 3. The molecule has 0 bridgehead atoms. The number of carbonyl (C=O) groups is 2. The Morgan fingerprint density at radius 2 is 2.00 bits per heavy atom. The second kappa shape index (κ2) is 8.33. The van der Waals surface area contributed by atoms with E-state index in [1.807, 2.05) is 48.5 Å². The maximum absolute atomic E-state index is 12.3. The fraction of sp³-hybridized carbons (Fsp3) is 0.227. The fourth-order valence-corrected chi connectivity index (χ4v) is 2.90. The van der Waals surface area contributed by atoms with E-state index < -0.39 is 5.97 Å². The molecule has 0 atom stereocenters. The van der Waals surface area contributed by atoms with Crippen LogP contribution in [0.2, 0.25) is 0 Å². The molecular formula is C22H20N2O3. The van der Waals surface area contributed by atoms with Crippen molar-refractivity contribution >= 4 is 23.3 Å². The third-order valence-electron chi connectivity index (χ3n) is 4.33. The van der Waals surface area contributed by atoms with Crippen LogP contribution in [-0.2, 0) is 9.59 Å². The second-order valence-electron chi connectivity index (χ2n) is 6.26. The minimum Gasteiger partial charge on any atom is -0.481 e. The van der Waals surface area contributed by atoms with E-state index in [1.165, 1.54) is 0 Å². The van der Waals surface area contributed by atoms with Crippen molar-refractivity contribution in [3.63, 3.8) is 0 Å². The number of benzodiazepines with no additional fused rings is 1. The van der Waals surface area contributed by atoms with E-state index in [0.717, 1.165) is 28.1 Å². The molecule has 0 radical (unpaired) electrons. The van der Waals surface area contributed by atoms with Crippen LogP contribution in [0, 0.1) is 11.8 Å². The topological polar surface area (TPSA) is 70.0 Å². The zero-order chi connectivity index (χ0) is 19.2. The van der Waals surface area contributed by atoms with Crippen LogP contribution in [0.4, 0.5) is 5.69 Å². The van der Waals surface area contributed by atoms with E-state index in [0.29, 0.717) is 12.8 Å². The number of likely N-dealkylation sites (N-methyl/N-ethyl adjacent to an activating group) is 1. The van der Waals surface area contributed by atoms with Gasteiger partial charge in [-0.2, -0.15) is 0 Å². The highest BCUT2D eigenvalue weighted by Crippen LogP contribution is 2.27. The summed E-state index contributed by atoms with van der Waals surface area (Å²) >= 11 is 0. The first-order chi connectivity index (χ1) is 13.1. The molecule has 0 saturated carbocycles. The summed E-state index contributed by atoms with van der Waals surface area (Å²) in [6.45, 7) is 0.103. The number of hydrogen-bond donors (Lipinski definition) is 1. The maximum Gasteiger partial charge on any atom is 0.303 e. The molecule has 0 aliphatic carbocycles. The molecule has 0 unspecified atom stereocenters. The normalized spacial score (nSPS) is 13.1. The highest BCUT2D eigenvalue weighted by atomic mass is 16.4. The van der Waals surface area contributed by atoms with Gasteiger partial charge in [0.1, 0.15) is 6.54 Å². The summed E-state index contributed by atoms with van der Waals surface area (Å²) in [5.74, 6) is 5.24. The molecular weight excluding hydrogens is 340 g/mol. The number of anilines is 1. The third-order valence-corrected chi connectivity index (χ3v) is 4.33. The lowest BCUT2D eigenvalue weighted by Crippen LogP contribution is -2.27. The van der Waals surface area contributed by atoms with E-state index in [-0.39, 0.29) is 18.9 Å². The molecule has 0 fully saturated rings. The summed E-state index contributed by atoms with van der Waals surface area (Å²) in [5, 5.41) is 8.68. The molecule has 1 amide bonds. The minimum atomic E-state index is -0.807. The van der Waals surface area contributed by atoms with Crippen LogP contribution in [0.3, 0.4) is 0 Å². The van der Waals surface area contributed by atoms with Crippen LogP contribution in [0.15, 0.2) is 53.5 Å². The molecule has 1 aliphatic heterocycles. The summed E-state index contributed by atoms with van der Waals surface area (Å²) in [7, 11) is 1.75. The Morgan fingerprint density at radius 3 is 2.74 bits per heavy atom. The van der Waals surface area contributed by atoms with Gasteiger partial charge < -0.3 is 10.0 Å². The van der Waals surface area contributed by atoms with E-state index in [4.69, 9.17) is 5.11 Å². The first kappa shape index (κ1) is 18.4. The van der Waals surface area contributed by atoms with Gasteiger partial charge in [0.25, 0.3) is 0 Å². The van der Waals surface area contributed by atoms with Crippen molar-refractivity contribution in [1.29, 1.82) is 0 Å². The number of amides is 1. The number of carboxylic acids is 1. The van der Waals surface area contributed by atoms with Crippen LogP contribution in [0.25, 0.3) is 0 Å². The molecule has 1 N–H and O–H groups in total. The van der Waals surface area contributed by atoms with Crippen LogP contribution < -0.4 is 4.90 Å². The molecule has 0 saturated heterocycles. The molecule has 0 aromatic heterocycles. The number of carboxylic acid groups (broad SMARTS) is 1. The number of benzene rings is 2. The lowest BCUT2D eigenvalue weighted by molar-refractivity contribution is -0.137. The van der Waals surface area contributed by atoms with E-state index in [1.54, 1.807) is 11.9 Å². The van der Waals surface area contributed by atoms with E-state index in [2.05, 4.69) is 16.8 Å². The van der Waals surface area contributed by atoms with Gasteiger partial charge in [0.05, 0.1) is 11.4 Å². The van der Waals surface area contributed by atoms with Crippen molar-refractivity contribution in [2.24, 2.45) is 4.99 Å². The average molecular weight is 360 g/mol. The maximum atomic E-state index is 12.3. The van der Waals surface area contributed by atoms with Crippen molar-refractivity contribution in [2.45, 2.75) is 19.3 Å². The van der Waals surface area contributed by atoms with E-state index >= 15 is 0 Å². The first-order valence-electron chi connectivity index (χ1n) is 8.78. The van der Waals surface area contributed by atoms with Gasteiger partial charge in [0.2, 0.25) is 5.91 Å². The Kier molecular flexibility index (Phi) is 5.68. The molecule has 5 nitrogen and oxygen atoms in total. The predicted octanol–water partition coefficient (Wildman–Crippen LogP) is 3.11. The summed E-state index contributed by atoms with van der Waals surface area (Å²) in [5.41, 5.74) is 4.21. The summed E-state index contributed by atoms with van der Waals surface area (Å²) in [6.07, 6.45) is 1.18. The first-order valence-corrected chi connectivity index (χ1v) is 8.78. The van der Waals surface area contributed by atoms with Gasteiger partial charge in [-0.25, -0.2) is 0 Å². The van der Waals surface area contributed by atoms with Crippen molar-refractivity contribution in [1.82, 2.24) is 0 Å². The van der Waals surface area contributed by atoms with Gasteiger partial charge >= 0.3 is 5.97 Å². The van der Waals surface area contributed by atoms with Crippen molar-refractivity contribution < 1.29 is 14.7 Å². The Labute approximate surface area is 158 Å². The third kappa shape index (κ3) is 4.42. The number of fused-ring (bicyclic) bond motifs is 1. The van der Waals surface area contributed by atoms with Crippen molar-refractivity contribution in [3.8, 4) is 11.8 Å². The molecule has 3 rings (SSSR count). The number of carbonyl (C=O) groups excluding carboxylic acids is 1. The lowest BCUT2D eigenvalue weighted by Gasteiger charge is -2.18. The zero-order valence-corrected chi connectivity index (χ0v) is 15.1. The van der Waals surface area contributed by atoms with Crippen LogP contribution in [0.5, 0.6) is 0 Å². The molecule has 1 aliphatic rings. The van der Waals surface area contributed by atoms with Gasteiger partial charge in [-0.15, -0.1) is 0 Å². The molecule has 2 aromatic carbocycles. The van der Waals surface area contributed by atoms with Gasteiger partial charge in [-0.05, 0) is 24.6 Å². The minimum absolute atomic E-state index is 0.0605. The molecule has 1 heterocycles.